The summed E-state index contributed by atoms with van der Waals surface area (Å²) in [5.74, 6) is 0. The zero-order valence-corrected chi connectivity index (χ0v) is 18.3. The van der Waals surface area contributed by atoms with E-state index in [0.29, 0.717) is 23.1 Å². The number of sulfone groups is 1. The van der Waals surface area contributed by atoms with Gasteiger partial charge in [-0.25, -0.2) is 23.2 Å². The van der Waals surface area contributed by atoms with Gasteiger partial charge in [-0.3, -0.25) is 5.32 Å². The van der Waals surface area contributed by atoms with Gasteiger partial charge in [0.05, 0.1) is 40.0 Å². The van der Waals surface area contributed by atoms with Crippen molar-refractivity contribution in [1.82, 2.24) is 19.4 Å². The number of carbonyl (C=O) groups is 1. The fourth-order valence-electron chi connectivity index (χ4n) is 2.80. The molecule has 3 aromatic rings. The van der Waals surface area contributed by atoms with Gasteiger partial charge in [-0.1, -0.05) is 17.4 Å². The Morgan fingerprint density at radius 1 is 1.40 bits per heavy atom. The number of hydrogen-bond acceptors (Lipinski definition) is 7. The molecule has 0 aliphatic carbocycles. The van der Waals surface area contributed by atoms with Crippen molar-refractivity contribution >= 4 is 32.3 Å². The van der Waals surface area contributed by atoms with E-state index in [0.717, 1.165) is 16.7 Å². The third-order valence-corrected chi connectivity index (χ3v) is 6.59. The van der Waals surface area contributed by atoms with Crippen LogP contribution < -0.4 is 5.32 Å². The molecule has 1 aromatic carbocycles. The number of aryl methyl sites for hydroxylation is 1. The number of carbonyl (C=O) groups excluding carboxylic acids is 1. The summed E-state index contributed by atoms with van der Waals surface area (Å²) in [6, 6.07) is 6.70. The number of nitriles is 1. The Morgan fingerprint density at radius 3 is 2.80 bits per heavy atom. The number of nitrogens with one attached hydrogen (secondary N) is 1. The highest BCUT2D eigenvalue weighted by molar-refractivity contribution is 7.90. The fraction of sp³-hybridized carbons (Fsp3) is 0.263. The van der Waals surface area contributed by atoms with Crippen LogP contribution in [0.5, 0.6) is 0 Å². The molecular weight excluding hydrogens is 424 g/mol. The van der Waals surface area contributed by atoms with Gasteiger partial charge in [0.2, 0.25) is 0 Å². The summed E-state index contributed by atoms with van der Waals surface area (Å²) < 4.78 is 26.1. The fourth-order valence-corrected chi connectivity index (χ4v) is 4.61. The third-order valence-electron chi connectivity index (χ3n) is 4.32. The maximum atomic E-state index is 12.2. The van der Waals surface area contributed by atoms with Gasteiger partial charge in [-0.2, -0.15) is 5.26 Å². The van der Waals surface area contributed by atoms with Crippen molar-refractivity contribution in [2.75, 3.05) is 25.2 Å². The van der Waals surface area contributed by atoms with Crippen LogP contribution in [0.1, 0.15) is 12.1 Å². The number of amides is 2. The minimum Gasteiger partial charge on any atom is -0.327 e. The number of urea groups is 1. The molecule has 11 heteroatoms. The highest BCUT2D eigenvalue weighted by Crippen LogP contribution is 2.35. The van der Waals surface area contributed by atoms with Crippen LogP contribution >= 0.6 is 11.3 Å². The monoisotopic (exact) mass is 444 g/mol. The van der Waals surface area contributed by atoms with Gasteiger partial charge in [0, 0.05) is 32.2 Å². The molecule has 0 radical (unpaired) electrons. The van der Waals surface area contributed by atoms with Crippen LogP contribution in [0.25, 0.3) is 16.1 Å². The number of benzene rings is 1. The third kappa shape index (κ3) is 4.67. The Kier molecular flexibility index (Phi) is 6.19. The van der Waals surface area contributed by atoms with E-state index in [4.69, 9.17) is 5.26 Å². The van der Waals surface area contributed by atoms with Gasteiger partial charge in [-0.05, 0) is 24.6 Å². The van der Waals surface area contributed by atoms with Crippen LogP contribution in [-0.2, 0) is 9.84 Å². The first-order valence-corrected chi connectivity index (χ1v) is 11.6. The summed E-state index contributed by atoms with van der Waals surface area (Å²) in [5.41, 5.74) is 1.97. The average molecular weight is 445 g/mol. The Bertz CT molecular complexity index is 1210. The summed E-state index contributed by atoms with van der Waals surface area (Å²) >= 11 is 1.29. The van der Waals surface area contributed by atoms with E-state index in [9.17, 15) is 13.2 Å². The van der Waals surface area contributed by atoms with Gasteiger partial charge in [0.15, 0.2) is 15.0 Å². The van der Waals surface area contributed by atoms with Crippen molar-refractivity contribution < 1.29 is 13.2 Å². The summed E-state index contributed by atoms with van der Waals surface area (Å²) in [6.45, 7) is 2.14. The lowest BCUT2D eigenvalue weighted by Gasteiger charge is -2.14. The number of imidazole rings is 1. The number of nitrogens with zero attached hydrogens (tertiary/aromatic N) is 5. The van der Waals surface area contributed by atoms with Crippen LogP contribution in [0.2, 0.25) is 0 Å². The highest BCUT2D eigenvalue weighted by Gasteiger charge is 2.19. The van der Waals surface area contributed by atoms with Gasteiger partial charge < -0.3 is 9.47 Å². The lowest BCUT2D eigenvalue weighted by molar-refractivity contribution is 0.223. The van der Waals surface area contributed by atoms with E-state index in [2.05, 4.69) is 15.3 Å². The van der Waals surface area contributed by atoms with Crippen molar-refractivity contribution in [3.63, 3.8) is 0 Å². The van der Waals surface area contributed by atoms with Gasteiger partial charge >= 0.3 is 6.03 Å². The molecule has 156 valence electrons. The van der Waals surface area contributed by atoms with E-state index in [-0.39, 0.29) is 17.3 Å². The molecule has 0 fully saturated rings. The standard InChI is InChI=1S/C19H20N6O3S2/c1-13-17(29-18(22-13)23-19(26)24(2)9-4-7-20)14-5-6-16(30(3,27)28)15(11-14)25-10-8-21-12-25/h5-6,8,10-12H,4,9H2,1-3H3,(H,22,23,26). The van der Waals surface area contributed by atoms with Gasteiger partial charge in [0.1, 0.15) is 0 Å². The lowest BCUT2D eigenvalue weighted by atomic mass is 10.1. The van der Waals surface area contributed by atoms with Crippen LogP contribution in [0.15, 0.2) is 41.8 Å². The van der Waals surface area contributed by atoms with E-state index in [1.807, 2.05) is 13.0 Å². The molecule has 2 aromatic heterocycles. The number of thiazole rings is 1. The molecule has 0 aliphatic heterocycles. The summed E-state index contributed by atoms with van der Waals surface area (Å²) in [5, 5.41) is 11.8. The molecule has 0 atom stereocenters. The summed E-state index contributed by atoms with van der Waals surface area (Å²) in [6.07, 6.45) is 6.20. The predicted octanol–water partition coefficient (Wildman–Crippen LogP) is 3.09. The van der Waals surface area contributed by atoms with Gasteiger partial charge in [-0.15, -0.1) is 0 Å². The molecular formula is C19H20N6O3S2. The second-order valence-corrected chi connectivity index (χ2v) is 9.60. The molecule has 0 spiro atoms. The number of anilines is 1. The molecule has 0 saturated heterocycles. The summed E-state index contributed by atoms with van der Waals surface area (Å²) in [7, 11) is -1.84. The predicted molar refractivity (Wildman–Crippen MR) is 114 cm³/mol. The van der Waals surface area contributed by atoms with E-state index in [1.165, 1.54) is 22.6 Å². The van der Waals surface area contributed by atoms with E-state index < -0.39 is 9.84 Å². The van der Waals surface area contributed by atoms with Crippen molar-refractivity contribution in [3.8, 4) is 22.2 Å². The minimum absolute atomic E-state index is 0.194. The maximum Gasteiger partial charge on any atom is 0.323 e. The van der Waals surface area contributed by atoms with Crippen LogP contribution in [0.4, 0.5) is 9.93 Å². The minimum atomic E-state index is -3.44. The van der Waals surface area contributed by atoms with Crippen LogP contribution in [0.3, 0.4) is 0 Å². The number of aromatic nitrogens is 3. The second-order valence-electron chi connectivity index (χ2n) is 6.62. The maximum absolute atomic E-state index is 12.2. The summed E-state index contributed by atoms with van der Waals surface area (Å²) in [4.78, 5) is 23.1. The molecule has 9 nitrogen and oxygen atoms in total. The molecule has 0 aliphatic rings. The molecule has 2 amide bonds. The SMILES string of the molecule is Cc1nc(NC(=O)N(C)CCC#N)sc1-c1ccc(S(C)(=O)=O)c(-n2ccnc2)c1. The van der Waals surface area contributed by atoms with E-state index >= 15 is 0 Å². The van der Waals surface area contributed by atoms with Crippen molar-refractivity contribution in [2.45, 2.75) is 18.2 Å². The van der Waals surface area contributed by atoms with Gasteiger partial charge in [0.25, 0.3) is 0 Å². The first kappa shape index (κ1) is 21.5. The van der Waals surface area contributed by atoms with Crippen molar-refractivity contribution in [1.29, 1.82) is 5.26 Å². The quantitative estimate of drug-likeness (QED) is 0.624. The Hall–Kier alpha value is -3.23. The largest absolute Gasteiger partial charge is 0.327 e. The topological polar surface area (TPSA) is 121 Å². The molecule has 0 saturated carbocycles. The Balaban J connectivity index is 1.94. The molecule has 2 heterocycles. The van der Waals surface area contributed by atoms with E-state index in [1.54, 1.807) is 42.2 Å². The van der Waals surface area contributed by atoms with Crippen molar-refractivity contribution in [3.05, 3.63) is 42.6 Å². The first-order valence-electron chi connectivity index (χ1n) is 8.90. The molecule has 3 rings (SSSR count). The first-order chi connectivity index (χ1) is 14.2. The molecule has 0 unspecified atom stereocenters. The normalized spacial score (nSPS) is 11.1. The number of hydrogen-bond donors (Lipinski definition) is 1. The smallest absolute Gasteiger partial charge is 0.323 e. The van der Waals surface area contributed by atoms with Crippen molar-refractivity contribution in [2.24, 2.45) is 0 Å². The molecule has 1 N–H and O–H groups in total. The Labute approximate surface area is 178 Å². The molecule has 30 heavy (non-hydrogen) atoms. The zero-order valence-electron chi connectivity index (χ0n) is 16.7. The zero-order chi connectivity index (χ0) is 21.9. The molecule has 0 bridgehead atoms. The number of rotatable bonds is 6. The average Bonchev–Trinajstić information content (AvgIpc) is 3.34. The van der Waals surface area contributed by atoms with Crippen LogP contribution in [0, 0.1) is 18.3 Å². The highest BCUT2D eigenvalue weighted by atomic mass is 32.2. The Morgan fingerprint density at radius 2 is 2.17 bits per heavy atom. The van der Waals surface area contributed by atoms with Crippen LogP contribution in [-0.4, -0.2) is 53.7 Å². The second kappa shape index (κ2) is 8.64. The lowest BCUT2D eigenvalue weighted by Crippen LogP contribution is -2.31.